The Bertz CT molecular complexity index is 970. The number of rotatable bonds is 8. The molecule has 0 heterocycles. The number of hydrogen-bond acceptors (Lipinski definition) is 4. The molecule has 0 aliphatic heterocycles. The van der Waals surface area contributed by atoms with Crippen LogP contribution in [0.25, 0.3) is 0 Å². The predicted molar refractivity (Wildman–Crippen MR) is 121 cm³/mol. The molecule has 2 aromatic rings. The fourth-order valence-corrected chi connectivity index (χ4v) is 4.17. The first kappa shape index (κ1) is 23.7. The van der Waals surface area contributed by atoms with Gasteiger partial charge < -0.3 is 15.4 Å². The highest BCUT2D eigenvalue weighted by atomic mass is 32.2. The van der Waals surface area contributed by atoms with Crippen molar-refractivity contribution in [1.29, 1.82) is 0 Å². The average molecular weight is 433 g/mol. The van der Waals surface area contributed by atoms with Crippen LogP contribution < -0.4 is 15.4 Å². The highest BCUT2D eigenvalue weighted by Gasteiger charge is 2.22. The Morgan fingerprint density at radius 1 is 1.10 bits per heavy atom. The number of ether oxygens (including phenoxy) is 1. The third kappa shape index (κ3) is 5.96. The van der Waals surface area contributed by atoms with Gasteiger partial charge in [-0.2, -0.15) is 4.31 Å². The lowest BCUT2D eigenvalue weighted by Crippen LogP contribution is -2.36. The van der Waals surface area contributed by atoms with Gasteiger partial charge in [0.2, 0.25) is 10.0 Å². The molecular weight excluding hydrogens is 400 g/mol. The normalized spacial score (nSPS) is 12.3. The predicted octanol–water partition coefficient (Wildman–Crippen LogP) is 2.90. The Morgan fingerprint density at radius 2 is 1.73 bits per heavy atom. The first-order valence-electron chi connectivity index (χ1n) is 9.84. The van der Waals surface area contributed by atoms with Crippen LogP contribution in [0.5, 0.6) is 5.75 Å². The number of aryl methyl sites for hydroxylation is 1. The molecule has 0 aliphatic rings. The third-order valence-corrected chi connectivity index (χ3v) is 6.95. The van der Waals surface area contributed by atoms with E-state index in [1.165, 1.54) is 4.31 Å². The zero-order valence-corrected chi connectivity index (χ0v) is 19.4. The van der Waals surface area contributed by atoms with E-state index in [4.69, 9.17) is 4.74 Å². The van der Waals surface area contributed by atoms with Crippen molar-refractivity contribution < 1.29 is 13.2 Å². The second-order valence-electron chi connectivity index (χ2n) is 7.35. The summed E-state index contributed by atoms with van der Waals surface area (Å²) in [5, 5.41) is 6.51. The zero-order chi connectivity index (χ0) is 22.3. The number of hydrogen-bond donors (Lipinski definition) is 2. The van der Waals surface area contributed by atoms with Crippen molar-refractivity contribution in [2.75, 3.05) is 21.2 Å². The standard InChI is InChI=1S/C22H32N4O3S/c1-16(2)26(5)30(27,28)20-11-8-18(9-12-20)14-24-22(23-4)25-15-19-10-7-17(3)13-21(19)29-6/h7-13,16H,14-15H2,1-6H3,(H2,23,24,25). The smallest absolute Gasteiger partial charge is 0.243 e. The van der Waals surface area contributed by atoms with E-state index in [1.807, 2.05) is 51.1 Å². The summed E-state index contributed by atoms with van der Waals surface area (Å²) in [6, 6.07) is 12.9. The van der Waals surface area contributed by atoms with Crippen LogP contribution in [0.3, 0.4) is 0 Å². The van der Waals surface area contributed by atoms with Crippen molar-refractivity contribution in [3.05, 3.63) is 59.2 Å². The molecule has 0 radical (unpaired) electrons. The summed E-state index contributed by atoms with van der Waals surface area (Å²) >= 11 is 0. The van der Waals surface area contributed by atoms with Crippen molar-refractivity contribution in [2.45, 2.75) is 44.8 Å². The average Bonchev–Trinajstić information content (AvgIpc) is 2.74. The summed E-state index contributed by atoms with van der Waals surface area (Å²) in [7, 11) is 1.48. The second kappa shape index (κ2) is 10.4. The Kier molecular flexibility index (Phi) is 8.25. The molecule has 8 heteroatoms. The topological polar surface area (TPSA) is 83.0 Å². The number of guanidine groups is 1. The van der Waals surface area contributed by atoms with E-state index in [0.717, 1.165) is 22.4 Å². The number of nitrogens with one attached hydrogen (secondary N) is 2. The number of sulfonamides is 1. The van der Waals surface area contributed by atoms with Crippen LogP contribution in [-0.2, 0) is 23.1 Å². The Morgan fingerprint density at radius 3 is 2.30 bits per heavy atom. The largest absolute Gasteiger partial charge is 0.496 e. The maximum absolute atomic E-state index is 12.6. The van der Waals surface area contributed by atoms with Gasteiger partial charge in [-0.05, 0) is 50.1 Å². The van der Waals surface area contributed by atoms with E-state index in [-0.39, 0.29) is 10.9 Å². The van der Waals surface area contributed by atoms with E-state index in [9.17, 15) is 8.42 Å². The molecule has 2 N–H and O–H groups in total. The Hall–Kier alpha value is -2.58. The minimum Gasteiger partial charge on any atom is -0.496 e. The van der Waals surface area contributed by atoms with E-state index in [0.29, 0.717) is 19.0 Å². The van der Waals surface area contributed by atoms with Gasteiger partial charge in [0.05, 0.1) is 12.0 Å². The van der Waals surface area contributed by atoms with Gasteiger partial charge in [-0.3, -0.25) is 4.99 Å². The van der Waals surface area contributed by atoms with Gasteiger partial charge >= 0.3 is 0 Å². The highest BCUT2D eigenvalue weighted by Crippen LogP contribution is 2.20. The van der Waals surface area contributed by atoms with Crippen LogP contribution >= 0.6 is 0 Å². The minimum absolute atomic E-state index is 0.0992. The fraction of sp³-hybridized carbons (Fsp3) is 0.409. The minimum atomic E-state index is -3.47. The summed E-state index contributed by atoms with van der Waals surface area (Å²) in [5.41, 5.74) is 3.13. The quantitative estimate of drug-likeness (QED) is 0.495. The Balaban J connectivity index is 1.97. The summed E-state index contributed by atoms with van der Waals surface area (Å²) in [5.74, 6) is 1.48. The molecule has 0 fully saturated rings. The van der Waals surface area contributed by atoms with Crippen LogP contribution in [0.2, 0.25) is 0 Å². The lowest BCUT2D eigenvalue weighted by molar-refractivity contribution is 0.408. The summed E-state index contributed by atoms with van der Waals surface area (Å²) in [4.78, 5) is 4.53. The molecule has 2 rings (SSSR count). The molecule has 0 aliphatic carbocycles. The molecule has 164 valence electrons. The molecule has 0 bridgehead atoms. The van der Waals surface area contributed by atoms with Gasteiger partial charge in [0.1, 0.15) is 5.75 Å². The molecule has 2 aromatic carbocycles. The molecule has 0 saturated heterocycles. The SMILES string of the molecule is CN=C(NCc1ccc(S(=O)(=O)N(C)C(C)C)cc1)NCc1ccc(C)cc1OC. The maximum Gasteiger partial charge on any atom is 0.243 e. The van der Waals surface area contributed by atoms with Crippen LogP contribution in [0.1, 0.15) is 30.5 Å². The molecule has 0 saturated carbocycles. The number of aliphatic imine (C=N–C) groups is 1. The molecule has 0 spiro atoms. The highest BCUT2D eigenvalue weighted by molar-refractivity contribution is 7.89. The molecule has 0 amide bonds. The van der Waals surface area contributed by atoms with E-state index < -0.39 is 10.0 Å². The van der Waals surface area contributed by atoms with Crippen molar-refractivity contribution in [3.63, 3.8) is 0 Å². The van der Waals surface area contributed by atoms with Crippen LogP contribution in [0.4, 0.5) is 0 Å². The molecule has 0 atom stereocenters. The van der Waals surface area contributed by atoms with Crippen LogP contribution in [0, 0.1) is 6.92 Å². The van der Waals surface area contributed by atoms with E-state index in [1.54, 1.807) is 33.3 Å². The monoisotopic (exact) mass is 432 g/mol. The zero-order valence-electron chi connectivity index (χ0n) is 18.6. The van der Waals surface area contributed by atoms with Crippen molar-refractivity contribution in [1.82, 2.24) is 14.9 Å². The van der Waals surface area contributed by atoms with E-state index in [2.05, 4.69) is 15.6 Å². The van der Waals surface area contributed by atoms with E-state index >= 15 is 0 Å². The number of methoxy groups -OCH3 is 1. The van der Waals surface area contributed by atoms with Crippen LogP contribution in [0.15, 0.2) is 52.4 Å². The van der Waals surface area contributed by atoms with Gasteiger partial charge in [0, 0.05) is 38.8 Å². The fourth-order valence-electron chi connectivity index (χ4n) is 2.81. The molecule has 30 heavy (non-hydrogen) atoms. The van der Waals surface area contributed by atoms with Gasteiger partial charge in [-0.1, -0.05) is 24.3 Å². The summed E-state index contributed by atoms with van der Waals surface area (Å²) < 4.78 is 31.9. The van der Waals surface area contributed by atoms with Crippen molar-refractivity contribution >= 4 is 16.0 Å². The van der Waals surface area contributed by atoms with Gasteiger partial charge in [0.15, 0.2) is 5.96 Å². The Labute approximate surface area is 180 Å². The van der Waals surface area contributed by atoms with Crippen LogP contribution in [-0.4, -0.2) is 45.9 Å². The molecule has 0 unspecified atom stereocenters. The van der Waals surface area contributed by atoms with Crippen molar-refractivity contribution in [2.24, 2.45) is 4.99 Å². The summed E-state index contributed by atoms with van der Waals surface area (Å²) in [6.45, 7) is 6.81. The maximum atomic E-state index is 12.6. The molecular formula is C22H32N4O3S. The first-order chi connectivity index (χ1) is 14.2. The van der Waals surface area contributed by atoms with Gasteiger partial charge in [-0.25, -0.2) is 8.42 Å². The number of benzene rings is 2. The number of nitrogens with zero attached hydrogens (tertiary/aromatic N) is 2. The molecule has 7 nitrogen and oxygen atoms in total. The second-order valence-corrected chi connectivity index (χ2v) is 9.35. The summed E-state index contributed by atoms with van der Waals surface area (Å²) in [6.07, 6.45) is 0. The first-order valence-corrected chi connectivity index (χ1v) is 11.3. The third-order valence-electron chi connectivity index (χ3n) is 4.90. The van der Waals surface area contributed by atoms with Gasteiger partial charge in [-0.15, -0.1) is 0 Å². The molecule has 0 aromatic heterocycles. The van der Waals surface area contributed by atoms with Gasteiger partial charge in [0.25, 0.3) is 0 Å². The lowest BCUT2D eigenvalue weighted by Gasteiger charge is -2.21. The van der Waals surface area contributed by atoms with Crippen molar-refractivity contribution in [3.8, 4) is 5.75 Å². The lowest BCUT2D eigenvalue weighted by atomic mass is 10.1.